The standard InChI is InChI=1S/C18H20FNO/c1-2-13-5-3-4-6-17(13)21-18-10-7-15(19)11-14(18)12-20-16-8-9-16/h3-7,10-11,16,20H,2,8-9,12H2,1H3. The van der Waals surface area contributed by atoms with E-state index in [0.29, 0.717) is 12.6 Å². The molecule has 3 heteroatoms. The Morgan fingerprint density at radius 2 is 1.86 bits per heavy atom. The number of nitrogens with one attached hydrogen (secondary N) is 1. The predicted molar refractivity (Wildman–Crippen MR) is 82.2 cm³/mol. The summed E-state index contributed by atoms with van der Waals surface area (Å²) in [4.78, 5) is 0. The van der Waals surface area contributed by atoms with Crippen LogP contribution in [0.25, 0.3) is 0 Å². The largest absolute Gasteiger partial charge is 0.457 e. The highest BCUT2D eigenvalue weighted by molar-refractivity contribution is 5.41. The van der Waals surface area contributed by atoms with E-state index in [4.69, 9.17) is 4.74 Å². The van der Waals surface area contributed by atoms with E-state index in [2.05, 4.69) is 18.3 Å². The lowest BCUT2D eigenvalue weighted by molar-refractivity contribution is 0.464. The normalized spacial score (nSPS) is 14.2. The van der Waals surface area contributed by atoms with Crippen LogP contribution in [-0.4, -0.2) is 6.04 Å². The molecule has 1 aliphatic carbocycles. The van der Waals surface area contributed by atoms with Crippen molar-refractivity contribution in [3.05, 3.63) is 59.4 Å². The van der Waals surface area contributed by atoms with Gasteiger partial charge in [-0.2, -0.15) is 0 Å². The number of hydrogen-bond acceptors (Lipinski definition) is 2. The van der Waals surface area contributed by atoms with E-state index < -0.39 is 0 Å². The fourth-order valence-electron chi connectivity index (χ4n) is 2.34. The van der Waals surface area contributed by atoms with Crippen molar-refractivity contribution < 1.29 is 9.13 Å². The Morgan fingerprint density at radius 1 is 1.10 bits per heavy atom. The number of halogens is 1. The topological polar surface area (TPSA) is 21.3 Å². The first kappa shape index (κ1) is 14.1. The molecule has 1 aliphatic rings. The van der Waals surface area contributed by atoms with Crippen LogP contribution >= 0.6 is 0 Å². The first-order valence-corrected chi connectivity index (χ1v) is 7.54. The van der Waals surface area contributed by atoms with Crippen molar-refractivity contribution in [2.75, 3.05) is 0 Å². The summed E-state index contributed by atoms with van der Waals surface area (Å²) in [6.07, 6.45) is 3.33. The van der Waals surface area contributed by atoms with Crippen LogP contribution in [0, 0.1) is 5.82 Å². The lowest BCUT2D eigenvalue weighted by atomic mass is 10.1. The second kappa shape index (κ2) is 6.27. The van der Waals surface area contributed by atoms with Gasteiger partial charge in [0.15, 0.2) is 0 Å². The minimum atomic E-state index is -0.223. The van der Waals surface area contributed by atoms with Crippen LogP contribution in [0.3, 0.4) is 0 Å². The van der Waals surface area contributed by atoms with Crippen LogP contribution in [0.15, 0.2) is 42.5 Å². The molecule has 110 valence electrons. The molecule has 2 nitrogen and oxygen atoms in total. The summed E-state index contributed by atoms with van der Waals surface area (Å²) in [5.41, 5.74) is 2.02. The van der Waals surface area contributed by atoms with Gasteiger partial charge in [0, 0.05) is 18.2 Å². The minimum absolute atomic E-state index is 0.223. The van der Waals surface area contributed by atoms with Gasteiger partial charge >= 0.3 is 0 Å². The van der Waals surface area contributed by atoms with Gasteiger partial charge in [0.2, 0.25) is 0 Å². The van der Waals surface area contributed by atoms with E-state index in [1.54, 1.807) is 12.1 Å². The fourth-order valence-corrected chi connectivity index (χ4v) is 2.34. The first-order valence-electron chi connectivity index (χ1n) is 7.54. The summed E-state index contributed by atoms with van der Waals surface area (Å²) in [5, 5.41) is 3.41. The second-order valence-corrected chi connectivity index (χ2v) is 5.47. The zero-order valence-electron chi connectivity index (χ0n) is 12.2. The molecule has 3 rings (SSSR count). The van der Waals surface area contributed by atoms with E-state index in [9.17, 15) is 4.39 Å². The van der Waals surface area contributed by atoms with Crippen molar-refractivity contribution in [3.8, 4) is 11.5 Å². The van der Waals surface area contributed by atoms with Crippen LogP contribution in [0.2, 0.25) is 0 Å². The molecule has 0 unspecified atom stereocenters. The molecule has 0 spiro atoms. The van der Waals surface area contributed by atoms with Gasteiger partial charge in [-0.3, -0.25) is 0 Å². The van der Waals surface area contributed by atoms with Crippen molar-refractivity contribution in [1.82, 2.24) is 5.32 Å². The summed E-state index contributed by atoms with van der Waals surface area (Å²) in [5.74, 6) is 1.35. The summed E-state index contributed by atoms with van der Waals surface area (Å²) in [6.45, 7) is 2.74. The van der Waals surface area contributed by atoms with Crippen molar-refractivity contribution in [1.29, 1.82) is 0 Å². The molecule has 0 radical (unpaired) electrons. The Morgan fingerprint density at radius 3 is 2.62 bits per heavy atom. The maximum atomic E-state index is 13.5. The van der Waals surface area contributed by atoms with Crippen LogP contribution in [0.1, 0.15) is 30.9 Å². The molecule has 0 aromatic heterocycles. The number of benzene rings is 2. The highest BCUT2D eigenvalue weighted by atomic mass is 19.1. The van der Waals surface area contributed by atoms with Gasteiger partial charge in [0.05, 0.1) is 0 Å². The Balaban J connectivity index is 1.82. The molecule has 1 N–H and O–H groups in total. The lowest BCUT2D eigenvalue weighted by Gasteiger charge is -2.14. The maximum absolute atomic E-state index is 13.5. The van der Waals surface area contributed by atoms with E-state index in [1.165, 1.54) is 18.9 Å². The molecule has 0 aliphatic heterocycles. The van der Waals surface area contributed by atoms with Gasteiger partial charge in [-0.25, -0.2) is 4.39 Å². The zero-order valence-corrected chi connectivity index (χ0v) is 12.2. The fraction of sp³-hybridized carbons (Fsp3) is 0.333. The third-order valence-electron chi connectivity index (χ3n) is 3.75. The van der Waals surface area contributed by atoms with Crippen molar-refractivity contribution in [2.24, 2.45) is 0 Å². The lowest BCUT2D eigenvalue weighted by Crippen LogP contribution is -2.16. The van der Waals surface area contributed by atoms with Crippen molar-refractivity contribution >= 4 is 0 Å². The van der Waals surface area contributed by atoms with E-state index in [0.717, 1.165) is 29.0 Å². The van der Waals surface area contributed by atoms with Gasteiger partial charge in [-0.05, 0) is 49.1 Å². The van der Waals surface area contributed by atoms with Gasteiger partial charge in [0.1, 0.15) is 17.3 Å². The molecule has 2 aromatic rings. The summed E-state index contributed by atoms with van der Waals surface area (Å²) < 4.78 is 19.5. The van der Waals surface area contributed by atoms with Gasteiger partial charge in [-0.1, -0.05) is 25.1 Å². The SMILES string of the molecule is CCc1ccccc1Oc1ccc(F)cc1CNC1CC1. The average Bonchev–Trinajstić information content (AvgIpc) is 3.32. The molecular weight excluding hydrogens is 265 g/mol. The van der Waals surface area contributed by atoms with Crippen LogP contribution in [0.5, 0.6) is 11.5 Å². The van der Waals surface area contributed by atoms with Crippen LogP contribution in [-0.2, 0) is 13.0 Å². The Labute approximate surface area is 125 Å². The monoisotopic (exact) mass is 285 g/mol. The number of aryl methyl sites for hydroxylation is 1. The van der Waals surface area contributed by atoms with E-state index in [1.807, 2.05) is 18.2 Å². The Kier molecular flexibility index (Phi) is 4.20. The van der Waals surface area contributed by atoms with Crippen molar-refractivity contribution in [2.45, 2.75) is 38.8 Å². The average molecular weight is 285 g/mol. The Bertz CT molecular complexity index is 622. The number of para-hydroxylation sites is 1. The van der Waals surface area contributed by atoms with Gasteiger partial charge < -0.3 is 10.1 Å². The minimum Gasteiger partial charge on any atom is -0.457 e. The molecule has 21 heavy (non-hydrogen) atoms. The molecule has 1 fully saturated rings. The highest BCUT2D eigenvalue weighted by Crippen LogP contribution is 2.29. The first-order chi connectivity index (χ1) is 10.3. The number of hydrogen-bond donors (Lipinski definition) is 1. The number of rotatable bonds is 6. The quantitative estimate of drug-likeness (QED) is 0.847. The molecule has 0 atom stereocenters. The molecule has 2 aromatic carbocycles. The molecule has 0 heterocycles. The highest BCUT2D eigenvalue weighted by Gasteiger charge is 2.21. The summed E-state index contributed by atoms with van der Waals surface area (Å²) in [6, 6.07) is 13.3. The van der Waals surface area contributed by atoms with Crippen LogP contribution < -0.4 is 10.1 Å². The van der Waals surface area contributed by atoms with Crippen LogP contribution in [0.4, 0.5) is 4.39 Å². The van der Waals surface area contributed by atoms with Gasteiger partial charge in [-0.15, -0.1) is 0 Å². The Hall–Kier alpha value is -1.87. The number of ether oxygens (including phenoxy) is 1. The molecule has 0 amide bonds. The molecule has 0 saturated heterocycles. The van der Waals surface area contributed by atoms with Crippen molar-refractivity contribution in [3.63, 3.8) is 0 Å². The smallest absolute Gasteiger partial charge is 0.132 e. The third kappa shape index (κ3) is 3.61. The maximum Gasteiger partial charge on any atom is 0.132 e. The van der Waals surface area contributed by atoms with Gasteiger partial charge in [0.25, 0.3) is 0 Å². The molecular formula is C18H20FNO. The van der Waals surface area contributed by atoms with E-state index in [-0.39, 0.29) is 5.82 Å². The molecule has 0 bridgehead atoms. The molecule has 1 saturated carbocycles. The summed E-state index contributed by atoms with van der Waals surface area (Å²) in [7, 11) is 0. The zero-order chi connectivity index (χ0) is 14.7. The van der Waals surface area contributed by atoms with E-state index >= 15 is 0 Å². The second-order valence-electron chi connectivity index (χ2n) is 5.47. The third-order valence-corrected chi connectivity index (χ3v) is 3.75. The predicted octanol–water partition coefficient (Wildman–Crippen LogP) is 4.43. The summed E-state index contributed by atoms with van der Waals surface area (Å²) >= 11 is 0.